The van der Waals surface area contributed by atoms with Gasteiger partial charge in [0.15, 0.2) is 9.84 Å². The summed E-state index contributed by atoms with van der Waals surface area (Å²) in [6.07, 6.45) is 0. The highest BCUT2D eigenvalue weighted by atomic mass is 32.2. The van der Waals surface area contributed by atoms with Crippen LogP contribution >= 0.6 is 0 Å². The van der Waals surface area contributed by atoms with Crippen LogP contribution in [0, 0.1) is 24.2 Å². The second-order valence-corrected chi connectivity index (χ2v) is 6.66. The maximum atomic E-state index is 11.9. The van der Waals surface area contributed by atoms with Gasteiger partial charge in [-0.3, -0.25) is 4.79 Å². The molecular weight excluding hydrogens is 266 g/mol. The summed E-state index contributed by atoms with van der Waals surface area (Å²) >= 11 is 0. The quantitative estimate of drug-likeness (QED) is 0.882. The zero-order valence-corrected chi connectivity index (χ0v) is 11.6. The summed E-state index contributed by atoms with van der Waals surface area (Å²) in [6, 6.07) is 6.74. The Morgan fingerprint density at radius 2 is 2.11 bits per heavy atom. The third-order valence-corrected chi connectivity index (χ3v) is 4.53. The Bertz CT molecular complexity index is 629. The minimum Gasteiger partial charge on any atom is -0.481 e. The van der Waals surface area contributed by atoms with Crippen LogP contribution in [0.3, 0.4) is 0 Å². The molecule has 102 valence electrons. The highest BCUT2D eigenvalue weighted by molar-refractivity contribution is 7.90. The second-order valence-electron chi connectivity index (χ2n) is 4.55. The number of carboxylic acid groups (broad SMARTS) is 1. The van der Waals surface area contributed by atoms with Crippen LogP contribution in [0.2, 0.25) is 0 Å². The molecule has 0 saturated carbocycles. The van der Waals surface area contributed by atoms with E-state index in [9.17, 15) is 13.2 Å². The number of nitrogens with zero attached hydrogens (tertiary/aromatic N) is 1. The lowest BCUT2D eigenvalue weighted by molar-refractivity contribution is -0.140. The minimum atomic E-state index is -3.48. The lowest BCUT2D eigenvalue weighted by Crippen LogP contribution is -2.22. The van der Waals surface area contributed by atoms with Crippen molar-refractivity contribution in [3.63, 3.8) is 0 Å². The van der Waals surface area contributed by atoms with Gasteiger partial charge in [-0.1, -0.05) is 13.0 Å². The Labute approximate surface area is 112 Å². The second kappa shape index (κ2) is 5.85. The zero-order chi connectivity index (χ0) is 14.6. The van der Waals surface area contributed by atoms with Crippen LogP contribution in [0.1, 0.15) is 23.6 Å². The number of sulfone groups is 1. The Morgan fingerprint density at radius 3 is 2.58 bits per heavy atom. The Morgan fingerprint density at radius 1 is 1.47 bits per heavy atom. The van der Waals surface area contributed by atoms with Gasteiger partial charge in [-0.05, 0) is 30.2 Å². The molecule has 1 aromatic rings. The van der Waals surface area contributed by atoms with Crippen molar-refractivity contribution < 1.29 is 18.3 Å². The van der Waals surface area contributed by atoms with Crippen LogP contribution in [0.5, 0.6) is 0 Å². The summed E-state index contributed by atoms with van der Waals surface area (Å²) in [5.41, 5.74) is 1.78. The molecule has 1 aromatic carbocycles. The van der Waals surface area contributed by atoms with Gasteiger partial charge in [-0.15, -0.1) is 0 Å². The Hall–Kier alpha value is -1.87. The van der Waals surface area contributed by atoms with E-state index in [1.807, 2.05) is 6.07 Å². The first-order valence-electron chi connectivity index (χ1n) is 5.68. The molecule has 1 atom stereocenters. The van der Waals surface area contributed by atoms with Crippen molar-refractivity contribution in [2.75, 3.05) is 5.75 Å². The third-order valence-electron chi connectivity index (χ3n) is 2.77. The smallest absolute Gasteiger partial charge is 0.307 e. The number of benzene rings is 1. The van der Waals surface area contributed by atoms with Gasteiger partial charge in [-0.25, -0.2) is 8.42 Å². The SMILES string of the molecule is Cc1cc(C#N)ccc1CS(=O)(=O)CC(C)C(=O)O. The fourth-order valence-electron chi connectivity index (χ4n) is 1.68. The van der Waals surface area contributed by atoms with E-state index in [1.165, 1.54) is 6.92 Å². The predicted octanol–water partition coefficient (Wildman–Crippen LogP) is 1.50. The van der Waals surface area contributed by atoms with Crippen molar-refractivity contribution in [3.05, 3.63) is 34.9 Å². The number of carbonyl (C=O) groups is 1. The normalized spacial score (nSPS) is 12.7. The fraction of sp³-hybridized carbons (Fsp3) is 0.385. The van der Waals surface area contributed by atoms with Gasteiger partial charge in [0, 0.05) is 0 Å². The number of aryl methyl sites for hydroxylation is 1. The Balaban J connectivity index is 2.90. The lowest BCUT2D eigenvalue weighted by atomic mass is 10.1. The molecule has 0 amide bonds. The zero-order valence-electron chi connectivity index (χ0n) is 10.8. The molecular formula is C13H15NO4S. The fourth-order valence-corrected chi connectivity index (χ4v) is 3.50. The van der Waals surface area contributed by atoms with E-state index in [4.69, 9.17) is 10.4 Å². The van der Waals surface area contributed by atoms with Crippen molar-refractivity contribution in [2.24, 2.45) is 5.92 Å². The van der Waals surface area contributed by atoms with E-state index >= 15 is 0 Å². The molecule has 5 nitrogen and oxygen atoms in total. The molecule has 0 spiro atoms. The number of hydrogen-bond donors (Lipinski definition) is 1. The van der Waals surface area contributed by atoms with Crippen molar-refractivity contribution in [2.45, 2.75) is 19.6 Å². The van der Waals surface area contributed by atoms with Crippen LogP contribution < -0.4 is 0 Å². The molecule has 0 aliphatic heterocycles. The van der Waals surface area contributed by atoms with Gasteiger partial charge in [0.2, 0.25) is 0 Å². The van der Waals surface area contributed by atoms with Crippen molar-refractivity contribution in [1.29, 1.82) is 5.26 Å². The predicted molar refractivity (Wildman–Crippen MR) is 70.2 cm³/mol. The molecule has 0 saturated heterocycles. The molecule has 0 aliphatic rings. The van der Waals surface area contributed by atoms with E-state index in [2.05, 4.69) is 0 Å². The summed E-state index contributed by atoms with van der Waals surface area (Å²) in [6.45, 7) is 3.10. The molecule has 1 N–H and O–H groups in total. The van der Waals surface area contributed by atoms with Gasteiger partial charge in [0.25, 0.3) is 0 Å². The summed E-state index contributed by atoms with van der Waals surface area (Å²) in [5, 5.41) is 17.5. The molecule has 0 heterocycles. The molecule has 0 radical (unpaired) electrons. The summed E-state index contributed by atoms with van der Waals surface area (Å²) in [5.74, 6) is -2.65. The summed E-state index contributed by atoms with van der Waals surface area (Å²) < 4.78 is 23.8. The van der Waals surface area contributed by atoms with Crippen LogP contribution in [0.15, 0.2) is 18.2 Å². The Kier molecular flexibility index (Phi) is 4.67. The highest BCUT2D eigenvalue weighted by Crippen LogP contribution is 2.16. The summed E-state index contributed by atoms with van der Waals surface area (Å²) in [7, 11) is -3.48. The van der Waals surface area contributed by atoms with Gasteiger partial charge in [-0.2, -0.15) is 5.26 Å². The van der Waals surface area contributed by atoms with Crippen LogP contribution in [0.25, 0.3) is 0 Å². The van der Waals surface area contributed by atoms with Crippen molar-refractivity contribution >= 4 is 15.8 Å². The summed E-state index contributed by atoms with van der Waals surface area (Å²) in [4.78, 5) is 10.7. The van der Waals surface area contributed by atoms with E-state index in [-0.39, 0.29) is 11.5 Å². The molecule has 0 aliphatic carbocycles. The topological polar surface area (TPSA) is 95.2 Å². The minimum absolute atomic E-state index is 0.206. The third kappa shape index (κ3) is 4.38. The average molecular weight is 281 g/mol. The monoisotopic (exact) mass is 281 g/mol. The number of nitriles is 1. The molecule has 19 heavy (non-hydrogen) atoms. The van der Waals surface area contributed by atoms with E-state index in [0.717, 1.165) is 0 Å². The number of hydrogen-bond acceptors (Lipinski definition) is 4. The molecule has 0 fully saturated rings. The van der Waals surface area contributed by atoms with E-state index in [1.54, 1.807) is 25.1 Å². The van der Waals surface area contributed by atoms with Crippen LogP contribution in [0.4, 0.5) is 0 Å². The molecule has 1 unspecified atom stereocenters. The maximum Gasteiger partial charge on any atom is 0.307 e. The first-order chi connectivity index (χ1) is 8.75. The number of carboxylic acids is 1. The first kappa shape index (κ1) is 15.2. The van der Waals surface area contributed by atoms with Gasteiger partial charge in [0.05, 0.1) is 29.1 Å². The standard InChI is InChI=1S/C13H15NO4S/c1-9-5-11(6-14)3-4-12(9)8-19(17,18)7-10(2)13(15)16/h3-5,10H,7-8H2,1-2H3,(H,15,16). The molecule has 6 heteroatoms. The lowest BCUT2D eigenvalue weighted by Gasteiger charge is -2.10. The molecule has 0 bridgehead atoms. The highest BCUT2D eigenvalue weighted by Gasteiger charge is 2.22. The van der Waals surface area contributed by atoms with Crippen molar-refractivity contribution in [1.82, 2.24) is 0 Å². The maximum absolute atomic E-state index is 11.9. The van der Waals surface area contributed by atoms with Gasteiger partial charge < -0.3 is 5.11 Å². The average Bonchev–Trinajstić information content (AvgIpc) is 2.30. The van der Waals surface area contributed by atoms with E-state index < -0.39 is 21.7 Å². The molecule has 0 aromatic heterocycles. The van der Waals surface area contributed by atoms with Crippen LogP contribution in [-0.4, -0.2) is 25.2 Å². The van der Waals surface area contributed by atoms with Gasteiger partial charge >= 0.3 is 5.97 Å². The molecule has 1 rings (SSSR count). The van der Waals surface area contributed by atoms with Crippen LogP contribution in [-0.2, 0) is 20.4 Å². The van der Waals surface area contributed by atoms with Crippen molar-refractivity contribution in [3.8, 4) is 6.07 Å². The first-order valence-corrected chi connectivity index (χ1v) is 7.50. The van der Waals surface area contributed by atoms with E-state index in [0.29, 0.717) is 16.7 Å². The number of rotatable bonds is 5. The number of aliphatic carboxylic acids is 1. The largest absolute Gasteiger partial charge is 0.481 e. The van der Waals surface area contributed by atoms with Gasteiger partial charge in [0.1, 0.15) is 0 Å².